The number of benzene rings is 1. The number of rotatable bonds is 7. The second kappa shape index (κ2) is 10.5. The van der Waals surface area contributed by atoms with Crippen molar-refractivity contribution in [3.63, 3.8) is 0 Å². The van der Waals surface area contributed by atoms with Crippen LogP contribution in [0.5, 0.6) is 0 Å². The van der Waals surface area contributed by atoms with Crippen LogP contribution < -0.4 is 5.32 Å². The Kier molecular flexibility index (Phi) is 7.01. The molecule has 0 fully saturated rings. The molecule has 0 radical (unpaired) electrons. The molecule has 3 heterocycles. The van der Waals surface area contributed by atoms with Gasteiger partial charge in [-0.05, 0) is 49.2 Å². The van der Waals surface area contributed by atoms with E-state index in [1.807, 2.05) is 28.9 Å². The molecule has 1 aliphatic rings. The van der Waals surface area contributed by atoms with Crippen molar-refractivity contribution in [1.82, 2.24) is 24.6 Å². The highest BCUT2D eigenvalue weighted by Crippen LogP contribution is 2.44. The van der Waals surface area contributed by atoms with Gasteiger partial charge in [-0.2, -0.15) is 5.10 Å². The number of esters is 1. The molecule has 11 heteroatoms. The van der Waals surface area contributed by atoms with Gasteiger partial charge in [0.15, 0.2) is 5.13 Å². The largest absolute Gasteiger partial charge is 0.469 e. The normalized spacial score (nSPS) is 11.9. The fraction of sp³-hybridized carbons (Fsp3) is 0.259. The number of nitrogens with one attached hydrogen (secondary N) is 1. The van der Waals surface area contributed by atoms with E-state index in [-0.39, 0.29) is 24.7 Å². The number of nitrogens with zero attached hydrogens (tertiary/aromatic N) is 5. The third-order valence-corrected chi connectivity index (χ3v) is 7.26. The maximum Gasteiger partial charge on any atom is 0.306 e. The van der Waals surface area contributed by atoms with Crippen LogP contribution in [0.2, 0.25) is 0 Å². The molecule has 0 saturated carbocycles. The van der Waals surface area contributed by atoms with Gasteiger partial charge in [0.05, 0.1) is 41.2 Å². The summed E-state index contributed by atoms with van der Waals surface area (Å²) < 4.78 is 6.49. The Morgan fingerprint density at radius 2 is 1.89 bits per heavy atom. The van der Waals surface area contributed by atoms with E-state index in [0.717, 1.165) is 45.2 Å². The predicted molar refractivity (Wildman–Crippen MR) is 143 cm³/mol. The molecule has 5 rings (SSSR count). The van der Waals surface area contributed by atoms with Gasteiger partial charge in [-0.25, -0.2) is 9.67 Å². The van der Waals surface area contributed by atoms with E-state index in [4.69, 9.17) is 5.10 Å². The van der Waals surface area contributed by atoms with Crippen molar-refractivity contribution < 1.29 is 19.1 Å². The number of carbonyl (C=O) groups excluding carboxylic acids is 3. The summed E-state index contributed by atoms with van der Waals surface area (Å²) in [6.07, 6.45) is 4.97. The lowest BCUT2D eigenvalue weighted by Gasteiger charge is -2.15. The molecule has 2 amide bonds. The van der Waals surface area contributed by atoms with E-state index < -0.39 is 5.97 Å². The Hall–Kier alpha value is -4.38. The average molecular weight is 531 g/mol. The Labute approximate surface area is 223 Å². The summed E-state index contributed by atoms with van der Waals surface area (Å²) >= 11 is 1.38. The quantitative estimate of drug-likeness (QED) is 0.362. The molecular formula is C27H26N6O4S. The van der Waals surface area contributed by atoms with Crippen LogP contribution in [0, 0.1) is 0 Å². The molecule has 1 aliphatic carbocycles. The number of hydrogen-bond acceptors (Lipinski definition) is 8. The Morgan fingerprint density at radius 1 is 1.11 bits per heavy atom. The minimum atomic E-state index is -0.437. The average Bonchev–Trinajstić information content (AvgIpc) is 3.53. The van der Waals surface area contributed by atoms with Crippen molar-refractivity contribution in [2.75, 3.05) is 26.5 Å². The monoisotopic (exact) mass is 530 g/mol. The lowest BCUT2D eigenvalue weighted by Crippen LogP contribution is -2.21. The molecule has 3 aromatic heterocycles. The fourth-order valence-electron chi connectivity index (χ4n) is 4.35. The number of pyridine rings is 1. The minimum absolute atomic E-state index is 0.00509. The summed E-state index contributed by atoms with van der Waals surface area (Å²) in [5.74, 6) is -0.812. The minimum Gasteiger partial charge on any atom is -0.469 e. The highest BCUT2D eigenvalue weighted by Gasteiger charge is 2.30. The molecular weight excluding hydrogens is 504 g/mol. The number of aromatic nitrogens is 4. The summed E-state index contributed by atoms with van der Waals surface area (Å²) in [5.41, 5.74) is 5.99. The molecule has 0 saturated heterocycles. The molecule has 194 valence electrons. The van der Waals surface area contributed by atoms with Gasteiger partial charge >= 0.3 is 5.97 Å². The van der Waals surface area contributed by atoms with Crippen molar-refractivity contribution in [3.8, 4) is 27.5 Å². The summed E-state index contributed by atoms with van der Waals surface area (Å²) in [6, 6.07) is 11.2. The van der Waals surface area contributed by atoms with Gasteiger partial charge in [-0.3, -0.25) is 19.4 Å². The van der Waals surface area contributed by atoms with Crippen molar-refractivity contribution in [2.45, 2.75) is 25.7 Å². The number of carbonyl (C=O) groups is 3. The summed E-state index contributed by atoms with van der Waals surface area (Å²) in [7, 11) is 4.73. The van der Waals surface area contributed by atoms with Crippen LogP contribution in [0.3, 0.4) is 0 Å². The summed E-state index contributed by atoms with van der Waals surface area (Å²) in [6.45, 7) is 0. The number of methoxy groups -OCH3 is 1. The first kappa shape index (κ1) is 25.3. The summed E-state index contributed by atoms with van der Waals surface area (Å²) in [5, 5.41) is 8.28. The van der Waals surface area contributed by atoms with Crippen molar-refractivity contribution in [3.05, 3.63) is 65.6 Å². The van der Waals surface area contributed by atoms with Crippen molar-refractivity contribution in [1.29, 1.82) is 0 Å². The van der Waals surface area contributed by atoms with Crippen LogP contribution >= 0.6 is 11.3 Å². The lowest BCUT2D eigenvalue weighted by molar-refractivity contribution is -0.141. The second-order valence-electron chi connectivity index (χ2n) is 8.99. The molecule has 0 aliphatic heterocycles. The predicted octanol–water partition coefficient (Wildman–Crippen LogP) is 3.75. The van der Waals surface area contributed by atoms with Gasteiger partial charge in [0.1, 0.15) is 0 Å². The van der Waals surface area contributed by atoms with Crippen molar-refractivity contribution >= 4 is 34.3 Å². The smallest absolute Gasteiger partial charge is 0.306 e. The zero-order valence-corrected chi connectivity index (χ0v) is 22.0. The number of thiazole rings is 1. The van der Waals surface area contributed by atoms with E-state index in [1.165, 1.54) is 23.3 Å². The first-order valence-corrected chi connectivity index (χ1v) is 12.9. The maximum absolute atomic E-state index is 12.4. The molecule has 0 atom stereocenters. The second-order valence-corrected chi connectivity index (χ2v) is 9.99. The third-order valence-electron chi connectivity index (χ3n) is 6.24. The zero-order valence-electron chi connectivity index (χ0n) is 21.2. The van der Waals surface area contributed by atoms with E-state index >= 15 is 0 Å². The maximum atomic E-state index is 12.4. The number of fused-ring (bicyclic) bond motifs is 3. The van der Waals surface area contributed by atoms with Crippen LogP contribution in [0.1, 0.15) is 34.5 Å². The zero-order chi connectivity index (χ0) is 26.8. The lowest BCUT2D eigenvalue weighted by atomic mass is 9.95. The van der Waals surface area contributed by atoms with Crippen LogP contribution in [0.15, 0.2) is 48.8 Å². The number of hydrogen-bond donors (Lipinski definition) is 1. The van der Waals surface area contributed by atoms with Crippen LogP contribution in [0.25, 0.3) is 27.5 Å². The number of aryl methyl sites for hydroxylation is 1. The molecule has 38 heavy (non-hydrogen) atoms. The third kappa shape index (κ3) is 4.92. The number of anilines is 1. The van der Waals surface area contributed by atoms with Gasteiger partial charge in [-0.15, -0.1) is 0 Å². The molecule has 0 spiro atoms. The van der Waals surface area contributed by atoms with Gasteiger partial charge in [0.2, 0.25) is 5.91 Å². The fourth-order valence-corrected chi connectivity index (χ4v) is 5.43. The molecule has 0 unspecified atom stereocenters. The number of ether oxygens (including phenoxy) is 1. The summed E-state index contributed by atoms with van der Waals surface area (Å²) in [4.78, 5) is 47.6. The Morgan fingerprint density at radius 3 is 2.58 bits per heavy atom. The van der Waals surface area contributed by atoms with Crippen LogP contribution in [0.4, 0.5) is 5.13 Å². The topological polar surface area (TPSA) is 119 Å². The first-order valence-electron chi connectivity index (χ1n) is 12.1. The first-order chi connectivity index (χ1) is 18.4. The molecule has 4 aromatic rings. The van der Waals surface area contributed by atoms with Gasteiger partial charge in [0, 0.05) is 49.6 Å². The van der Waals surface area contributed by atoms with Crippen LogP contribution in [-0.2, 0) is 27.2 Å². The Balaban J connectivity index is 1.54. The molecule has 1 N–H and O–H groups in total. The van der Waals surface area contributed by atoms with E-state index in [0.29, 0.717) is 17.1 Å². The van der Waals surface area contributed by atoms with E-state index in [9.17, 15) is 14.4 Å². The molecule has 1 aromatic carbocycles. The standard InChI is InChI=1S/C27H26N6O4S/c1-32(2)26(36)16-6-8-18(9-7-16)33-24-19(23(31-33)17-5-4-14-28-15-17)10-11-20-25(24)38-27(29-20)30-21(34)12-13-22(35)37-3/h4-9,14-15H,10-13H2,1-3H3,(H,29,30,34). The van der Waals surface area contributed by atoms with E-state index in [2.05, 4.69) is 20.0 Å². The highest BCUT2D eigenvalue weighted by atomic mass is 32.1. The van der Waals surface area contributed by atoms with Gasteiger partial charge in [-0.1, -0.05) is 11.3 Å². The Bertz CT molecular complexity index is 1510. The van der Waals surface area contributed by atoms with Gasteiger partial charge in [0.25, 0.3) is 5.91 Å². The van der Waals surface area contributed by atoms with Crippen LogP contribution in [-0.4, -0.2) is 63.6 Å². The number of amides is 2. The molecule has 0 bridgehead atoms. The van der Waals surface area contributed by atoms with E-state index in [1.54, 1.807) is 38.6 Å². The van der Waals surface area contributed by atoms with Gasteiger partial charge < -0.3 is 15.0 Å². The van der Waals surface area contributed by atoms with Crippen molar-refractivity contribution in [2.24, 2.45) is 0 Å². The highest BCUT2D eigenvalue weighted by molar-refractivity contribution is 7.19. The molecule has 10 nitrogen and oxygen atoms in total. The SMILES string of the molecule is COC(=O)CCC(=O)Nc1nc2c(s1)-c1c(c(-c3cccnc3)nn1-c1ccc(C(=O)N(C)C)cc1)CC2.